The van der Waals surface area contributed by atoms with Gasteiger partial charge in [0, 0.05) is 25.0 Å². The van der Waals surface area contributed by atoms with Gasteiger partial charge in [-0.25, -0.2) is 13.2 Å². The number of halogens is 3. The molecule has 0 aliphatic heterocycles. The minimum atomic E-state index is -1.14. The molecule has 2 amide bonds. The smallest absolute Gasteiger partial charge is 0.228 e. The summed E-state index contributed by atoms with van der Waals surface area (Å²) in [5, 5.41) is 4.85. The summed E-state index contributed by atoms with van der Waals surface area (Å²) in [6.45, 7) is 1.22. The molecule has 0 spiro atoms. The molecule has 4 nitrogen and oxygen atoms in total. The Morgan fingerprint density at radius 1 is 1.00 bits per heavy atom. The maximum Gasteiger partial charge on any atom is 0.228 e. The molecule has 2 aromatic rings. The predicted octanol–water partition coefficient (Wildman–Crippen LogP) is 3.80. The maximum atomic E-state index is 13.5. The van der Waals surface area contributed by atoms with Crippen molar-refractivity contribution in [1.82, 2.24) is 0 Å². The van der Waals surface area contributed by atoms with Crippen molar-refractivity contribution in [2.24, 2.45) is 5.92 Å². The third-order valence-electron chi connectivity index (χ3n) is 4.03. The van der Waals surface area contributed by atoms with Gasteiger partial charge in [-0.2, -0.15) is 0 Å². The molecule has 0 radical (unpaired) electrons. The lowest BCUT2D eigenvalue weighted by Crippen LogP contribution is -2.17. The van der Waals surface area contributed by atoms with E-state index in [-0.39, 0.29) is 29.0 Å². The van der Waals surface area contributed by atoms with E-state index < -0.39 is 23.4 Å². The average molecular weight is 348 g/mol. The summed E-state index contributed by atoms with van der Waals surface area (Å²) in [5.41, 5.74) is 0.666. The highest BCUT2D eigenvalue weighted by Crippen LogP contribution is 2.48. The van der Waals surface area contributed by atoms with E-state index in [0.717, 1.165) is 12.1 Å². The van der Waals surface area contributed by atoms with E-state index in [0.29, 0.717) is 12.0 Å². The van der Waals surface area contributed by atoms with Gasteiger partial charge >= 0.3 is 0 Å². The number of amides is 2. The third kappa shape index (κ3) is 3.81. The zero-order valence-corrected chi connectivity index (χ0v) is 13.3. The molecular weight excluding hydrogens is 333 g/mol. The van der Waals surface area contributed by atoms with Gasteiger partial charge in [-0.1, -0.05) is 12.1 Å². The Labute approximate surface area is 142 Å². The van der Waals surface area contributed by atoms with Gasteiger partial charge in [0.05, 0.1) is 11.4 Å². The number of carbonyl (C=O) groups excluding carboxylic acids is 2. The van der Waals surface area contributed by atoms with Gasteiger partial charge in [0.1, 0.15) is 5.82 Å². The van der Waals surface area contributed by atoms with Gasteiger partial charge in [0.15, 0.2) is 11.6 Å². The summed E-state index contributed by atoms with van der Waals surface area (Å²) in [6, 6.07) is 7.63. The predicted molar refractivity (Wildman–Crippen MR) is 86.5 cm³/mol. The number of carbonyl (C=O) groups is 2. The number of nitrogens with one attached hydrogen (secondary N) is 2. The van der Waals surface area contributed by atoms with E-state index in [9.17, 15) is 22.8 Å². The summed E-state index contributed by atoms with van der Waals surface area (Å²) in [5.74, 6) is -4.03. The summed E-state index contributed by atoms with van der Waals surface area (Å²) in [4.78, 5) is 23.5. The lowest BCUT2D eigenvalue weighted by atomic mass is 10.1. The van der Waals surface area contributed by atoms with E-state index in [2.05, 4.69) is 10.6 Å². The van der Waals surface area contributed by atoms with Gasteiger partial charge in [-0.3, -0.25) is 9.59 Å². The molecular formula is C18H15F3N2O2. The first kappa shape index (κ1) is 17.0. The van der Waals surface area contributed by atoms with E-state index in [4.69, 9.17) is 0 Å². The molecule has 1 saturated carbocycles. The van der Waals surface area contributed by atoms with E-state index in [1.807, 2.05) is 0 Å². The highest BCUT2D eigenvalue weighted by Gasteiger charge is 2.44. The first-order chi connectivity index (χ1) is 11.8. The molecule has 2 atom stereocenters. The third-order valence-corrected chi connectivity index (χ3v) is 4.03. The molecule has 0 aromatic heterocycles. The highest BCUT2D eigenvalue weighted by atomic mass is 19.2. The Hall–Kier alpha value is -2.83. The SMILES string of the molecule is CC(=O)Nc1cc(F)c(F)cc1NC(=O)C1CC1c1cccc(F)c1. The average Bonchev–Trinajstić information content (AvgIpc) is 3.32. The Balaban J connectivity index is 1.75. The normalized spacial score (nSPS) is 18.6. The maximum absolute atomic E-state index is 13.5. The minimum absolute atomic E-state index is 0.0241. The van der Waals surface area contributed by atoms with Crippen LogP contribution in [0.2, 0.25) is 0 Å². The number of benzene rings is 2. The van der Waals surface area contributed by atoms with Crippen molar-refractivity contribution in [3.05, 3.63) is 59.4 Å². The van der Waals surface area contributed by atoms with Crippen LogP contribution in [0.15, 0.2) is 36.4 Å². The summed E-state index contributed by atoms with van der Waals surface area (Å²) in [7, 11) is 0. The van der Waals surface area contributed by atoms with Gasteiger partial charge < -0.3 is 10.6 Å². The van der Waals surface area contributed by atoms with Crippen LogP contribution < -0.4 is 10.6 Å². The summed E-state index contributed by atoms with van der Waals surface area (Å²) >= 11 is 0. The van der Waals surface area contributed by atoms with Crippen LogP contribution in [0.1, 0.15) is 24.8 Å². The monoisotopic (exact) mass is 348 g/mol. The van der Waals surface area contributed by atoms with Gasteiger partial charge in [0.2, 0.25) is 11.8 Å². The van der Waals surface area contributed by atoms with Crippen molar-refractivity contribution in [3.63, 3.8) is 0 Å². The van der Waals surface area contributed by atoms with Crippen LogP contribution in [0, 0.1) is 23.4 Å². The fourth-order valence-electron chi connectivity index (χ4n) is 2.76. The van der Waals surface area contributed by atoms with Gasteiger partial charge in [0.25, 0.3) is 0 Å². The molecule has 130 valence electrons. The molecule has 25 heavy (non-hydrogen) atoms. The van der Waals surface area contributed by atoms with Crippen molar-refractivity contribution < 1.29 is 22.8 Å². The second-order valence-electron chi connectivity index (χ2n) is 5.99. The van der Waals surface area contributed by atoms with E-state index in [1.54, 1.807) is 12.1 Å². The fourth-order valence-corrected chi connectivity index (χ4v) is 2.76. The molecule has 1 aliphatic carbocycles. The molecule has 0 bridgehead atoms. The molecule has 1 fully saturated rings. The second kappa shape index (κ2) is 6.58. The number of hydrogen-bond donors (Lipinski definition) is 2. The Morgan fingerprint density at radius 2 is 1.64 bits per heavy atom. The quantitative estimate of drug-likeness (QED) is 0.883. The van der Waals surface area contributed by atoms with Crippen LogP contribution in [0.4, 0.5) is 24.5 Å². The molecule has 2 unspecified atom stereocenters. The van der Waals surface area contributed by atoms with Crippen LogP contribution in [-0.2, 0) is 9.59 Å². The summed E-state index contributed by atoms with van der Waals surface area (Å²) < 4.78 is 40.1. The van der Waals surface area contributed by atoms with Crippen LogP contribution in [-0.4, -0.2) is 11.8 Å². The molecule has 7 heteroatoms. The second-order valence-corrected chi connectivity index (χ2v) is 5.99. The Kier molecular flexibility index (Phi) is 4.48. The zero-order chi connectivity index (χ0) is 18.1. The standard InChI is InChI=1S/C18H15F3N2O2/c1-9(24)22-16-7-14(20)15(21)8-17(16)23-18(25)13-6-12(13)10-3-2-4-11(19)5-10/h2-5,7-8,12-13H,6H2,1H3,(H,22,24)(H,23,25). The minimum Gasteiger partial charge on any atom is -0.324 e. The summed E-state index contributed by atoms with van der Waals surface area (Å²) in [6.07, 6.45) is 0.536. The van der Waals surface area contributed by atoms with Gasteiger partial charge in [-0.05, 0) is 30.0 Å². The first-order valence-corrected chi connectivity index (χ1v) is 7.68. The Morgan fingerprint density at radius 3 is 2.24 bits per heavy atom. The van der Waals surface area contributed by atoms with Crippen molar-refractivity contribution in [2.45, 2.75) is 19.3 Å². The van der Waals surface area contributed by atoms with Crippen LogP contribution in [0.25, 0.3) is 0 Å². The van der Waals surface area contributed by atoms with E-state index in [1.165, 1.54) is 19.1 Å². The topological polar surface area (TPSA) is 58.2 Å². The highest BCUT2D eigenvalue weighted by molar-refractivity contribution is 6.01. The van der Waals surface area contributed by atoms with Crippen molar-refractivity contribution >= 4 is 23.2 Å². The van der Waals surface area contributed by atoms with Crippen LogP contribution >= 0.6 is 0 Å². The zero-order valence-electron chi connectivity index (χ0n) is 13.3. The molecule has 3 rings (SSSR count). The first-order valence-electron chi connectivity index (χ1n) is 7.68. The number of rotatable bonds is 4. The molecule has 2 N–H and O–H groups in total. The number of hydrogen-bond acceptors (Lipinski definition) is 2. The molecule has 1 aliphatic rings. The Bertz CT molecular complexity index is 854. The van der Waals surface area contributed by atoms with E-state index >= 15 is 0 Å². The van der Waals surface area contributed by atoms with Gasteiger partial charge in [-0.15, -0.1) is 0 Å². The van der Waals surface area contributed by atoms with Crippen molar-refractivity contribution in [2.75, 3.05) is 10.6 Å². The largest absolute Gasteiger partial charge is 0.324 e. The molecule has 2 aromatic carbocycles. The van der Waals surface area contributed by atoms with Crippen LogP contribution in [0.3, 0.4) is 0 Å². The number of anilines is 2. The van der Waals surface area contributed by atoms with Crippen LogP contribution in [0.5, 0.6) is 0 Å². The molecule has 0 saturated heterocycles. The lowest BCUT2D eigenvalue weighted by molar-refractivity contribution is -0.117. The van der Waals surface area contributed by atoms with Crippen molar-refractivity contribution in [1.29, 1.82) is 0 Å². The fraction of sp³-hybridized carbons (Fsp3) is 0.222. The lowest BCUT2D eigenvalue weighted by Gasteiger charge is -2.12. The van der Waals surface area contributed by atoms with Crippen molar-refractivity contribution in [3.8, 4) is 0 Å². The molecule has 0 heterocycles.